The Morgan fingerprint density at radius 2 is 1.71 bits per heavy atom. The summed E-state index contributed by atoms with van der Waals surface area (Å²) in [4.78, 5) is 39.0. The van der Waals surface area contributed by atoms with Gasteiger partial charge in [0, 0.05) is 17.1 Å². The van der Waals surface area contributed by atoms with E-state index in [-0.39, 0.29) is 17.8 Å². The minimum atomic E-state index is -0.991. The maximum absolute atomic E-state index is 14.2. The van der Waals surface area contributed by atoms with Gasteiger partial charge in [-0.05, 0) is 48.0 Å². The molecule has 0 aliphatic rings. The van der Waals surface area contributed by atoms with E-state index in [1.54, 1.807) is 12.1 Å². The van der Waals surface area contributed by atoms with E-state index in [9.17, 15) is 23.2 Å². The lowest BCUT2D eigenvalue weighted by atomic mass is 10.2. The van der Waals surface area contributed by atoms with Crippen molar-refractivity contribution in [1.82, 2.24) is 19.7 Å². The average molecular weight is 483 g/mol. The van der Waals surface area contributed by atoms with Gasteiger partial charge in [-0.25, -0.2) is 13.6 Å². The number of benzene rings is 3. The molecule has 7 nitrogen and oxygen atoms in total. The number of aromatic nitrogens is 3. The van der Waals surface area contributed by atoms with Crippen LogP contribution in [0.1, 0.15) is 21.6 Å². The molecule has 3 aromatic carbocycles. The molecular weight excluding hydrogens is 466 g/mol. The standard InChI is InChI=1S/C24H17ClF2N4O3/c25-17-8-10-19(11-9-17)31-24(34)30(14-16-5-1-2-7-20(16)27)23(33)21(29-31)22(32)28-13-15-4-3-6-18(26)12-15/h1-12H,13-14H2,(H,28,32). The highest BCUT2D eigenvalue weighted by atomic mass is 35.5. The highest BCUT2D eigenvalue weighted by molar-refractivity contribution is 6.30. The number of amides is 1. The Morgan fingerprint density at radius 1 is 0.971 bits per heavy atom. The molecule has 0 aliphatic heterocycles. The van der Waals surface area contributed by atoms with Crippen LogP contribution in [0.3, 0.4) is 0 Å². The summed E-state index contributed by atoms with van der Waals surface area (Å²) >= 11 is 5.92. The Balaban J connectivity index is 1.78. The molecule has 34 heavy (non-hydrogen) atoms. The predicted molar refractivity (Wildman–Crippen MR) is 122 cm³/mol. The van der Waals surface area contributed by atoms with Crippen LogP contribution in [0.5, 0.6) is 0 Å². The first-order valence-electron chi connectivity index (χ1n) is 10.1. The monoisotopic (exact) mass is 482 g/mol. The van der Waals surface area contributed by atoms with Crippen LogP contribution in [-0.2, 0) is 13.1 Å². The van der Waals surface area contributed by atoms with Crippen LogP contribution in [0.25, 0.3) is 5.69 Å². The van der Waals surface area contributed by atoms with Gasteiger partial charge in [0.25, 0.3) is 11.5 Å². The quantitative estimate of drug-likeness (QED) is 0.457. The van der Waals surface area contributed by atoms with Crippen LogP contribution >= 0.6 is 11.6 Å². The summed E-state index contributed by atoms with van der Waals surface area (Å²) in [6.07, 6.45) is 0. The molecule has 0 saturated heterocycles. The molecule has 10 heteroatoms. The molecule has 0 bridgehead atoms. The van der Waals surface area contributed by atoms with Crippen molar-refractivity contribution in [1.29, 1.82) is 0 Å². The molecule has 0 fully saturated rings. The van der Waals surface area contributed by atoms with E-state index in [0.717, 1.165) is 9.25 Å². The van der Waals surface area contributed by atoms with Crippen LogP contribution in [0, 0.1) is 11.6 Å². The van der Waals surface area contributed by atoms with Gasteiger partial charge in [0.15, 0.2) is 0 Å². The highest BCUT2D eigenvalue weighted by Crippen LogP contribution is 2.12. The second-order valence-corrected chi connectivity index (χ2v) is 7.75. The van der Waals surface area contributed by atoms with Gasteiger partial charge in [0.1, 0.15) is 11.6 Å². The number of rotatable bonds is 6. The summed E-state index contributed by atoms with van der Waals surface area (Å²) in [5, 5.41) is 6.88. The zero-order chi connectivity index (χ0) is 24.2. The van der Waals surface area contributed by atoms with Gasteiger partial charge in [-0.1, -0.05) is 41.9 Å². The zero-order valence-electron chi connectivity index (χ0n) is 17.5. The van der Waals surface area contributed by atoms with Gasteiger partial charge in [0.05, 0.1) is 12.2 Å². The number of nitrogens with zero attached hydrogens (tertiary/aromatic N) is 3. The minimum Gasteiger partial charge on any atom is -0.346 e. The van der Waals surface area contributed by atoms with Crippen molar-refractivity contribution < 1.29 is 13.6 Å². The van der Waals surface area contributed by atoms with E-state index >= 15 is 0 Å². The summed E-state index contributed by atoms with van der Waals surface area (Å²) in [7, 11) is 0. The molecule has 0 atom stereocenters. The van der Waals surface area contributed by atoms with E-state index in [1.807, 2.05) is 0 Å². The van der Waals surface area contributed by atoms with Crippen molar-refractivity contribution in [2.45, 2.75) is 13.1 Å². The fourth-order valence-electron chi connectivity index (χ4n) is 3.26. The maximum atomic E-state index is 14.2. The first-order valence-corrected chi connectivity index (χ1v) is 10.5. The van der Waals surface area contributed by atoms with Gasteiger partial charge < -0.3 is 5.32 Å². The van der Waals surface area contributed by atoms with Crippen molar-refractivity contribution in [3.05, 3.63) is 127 Å². The van der Waals surface area contributed by atoms with Crippen molar-refractivity contribution in [2.75, 3.05) is 0 Å². The van der Waals surface area contributed by atoms with Crippen molar-refractivity contribution in [3.8, 4) is 5.69 Å². The minimum absolute atomic E-state index is 0.0783. The fraction of sp³-hybridized carbons (Fsp3) is 0.0833. The Morgan fingerprint density at radius 3 is 2.41 bits per heavy atom. The summed E-state index contributed by atoms with van der Waals surface area (Å²) in [5.41, 5.74) is -1.64. The van der Waals surface area contributed by atoms with Crippen molar-refractivity contribution >= 4 is 17.5 Å². The maximum Gasteiger partial charge on any atom is 0.352 e. The van der Waals surface area contributed by atoms with Crippen LogP contribution < -0.4 is 16.6 Å². The number of hydrogen-bond acceptors (Lipinski definition) is 4. The third-order valence-electron chi connectivity index (χ3n) is 4.97. The van der Waals surface area contributed by atoms with E-state index in [1.165, 1.54) is 60.7 Å². The molecule has 1 amide bonds. The van der Waals surface area contributed by atoms with E-state index in [4.69, 9.17) is 11.6 Å². The van der Waals surface area contributed by atoms with Crippen LogP contribution in [0.15, 0.2) is 82.4 Å². The molecule has 0 unspecified atom stereocenters. The molecule has 0 radical (unpaired) electrons. The third-order valence-corrected chi connectivity index (χ3v) is 5.23. The molecule has 1 aromatic heterocycles. The molecular formula is C24H17ClF2N4O3. The molecule has 172 valence electrons. The lowest BCUT2D eigenvalue weighted by Gasteiger charge is -2.13. The smallest absolute Gasteiger partial charge is 0.346 e. The molecule has 1 heterocycles. The number of nitrogens with one attached hydrogen (secondary N) is 1. The van der Waals surface area contributed by atoms with Crippen LogP contribution in [-0.4, -0.2) is 20.3 Å². The Bertz CT molecular complexity index is 1480. The zero-order valence-corrected chi connectivity index (χ0v) is 18.3. The fourth-order valence-corrected chi connectivity index (χ4v) is 3.38. The van der Waals surface area contributed by atoms with Gasteiger partial charge >= 0.3 is 5.69 Å². The van der Waals surface area contributed by atoms with E-state index in [2.05, 4.69) is 10.4 Å². The van der Waals surface area contributed by atoms with Gasteiger partial charge in [0.2, 0.25) is 5.69 Å². The SMILES string of the molecule is O=C(NCc1cccc(F)c1)c1nn(-c2ccc(Cl)cc2)c(=O)n(Cc2ccccc2F)c1=O. The largest absolute Gasteiger partial charge is 0.352 e. The average Bonchev–Trinajstić information content (AvgIpc) is 2.82. The highest BCUT2D eigenvalue weighted by Gasteiger charge is 2.21. The molecule has 4 aromatic rings. The normalized spacial score (nSPS) is 10.8. The topological polar surface area (TPSA) is 86.0 Å². The van der Waals surface area contributed by atoms with Gasteiger partial charge in [-0.3, -0.25) is 14.2 Å². The first-order chi connectivity index (χ1) is 16.3. The molecule has 4 rings (SSSR count). The Kier molecular flexibility index (Phi) is 6.65. The second kappa shape index (κ2) is 9.80. The molecule has 0 saturated carbocycles. The number of hydrogen-bond donors (Lipinski definition) is 1. The van der Waals surface area contributed by atoms with Crippen molar-refractivity contribution in [3.63, 3.8) is 0 Å². The Hall–Kier alpha value is -4.11. The van der Waals surface area contributed by atoms with Crippen LogP contribution in [0.2, 0.25) is 5.02 Å². The second-order valence-electron chi connectivity index (χ2n) is 7.31. The number of halogens is 3. The van der Waals surface area contributed by atoms with Crippen LogP contribution in [0.4, 0.5) is 8.78 Å². The van der Waals surface area contributed by atoms with E-state index < -0.39 is 41.0 Å². The first kappa shape index (κ1) is 23.1. The lowest BCUT2D eigenvalue weighted by molar-refractivity contribution is 0.0941. The molecule has 0 spiro atoms. The summed E-state index contributed by atoms with van der Waals surface area (Å²) in [6, 6.07) is 17.3. The summed E-state index contributed by atoms with van der Waals surface area (Å²) < 4.78 is 29.3. The number of carbonyl (C=O) groups excluding carboxylic acids is 1. The van der Waals surface area contributed by atoms with Gasteiger partial charge in [-0.2, -0.15) is 9.78 Å². The molecule has 1 N–H and O–H groups in total. The number of carbonyl (C=O) groups is 1. The third kappa shape index (κ3) is 4.94. The van der Waals surface area contributed by atoms with Crippen molar-refractivity contribution in [2.24, 2.45) is 0 Å². The van der Waals surface area contributed by atoms with E-state index in [0.29, 0.717) is 10.6 Å². The predicted octanol–water partition coefficient (Wildman–Crippen LogP) is 3.30. The summed E-state index contributed by atoms with van der Waals surface area (Å²) in [5.74, 6) is -1.96. The lowest BCUT2D eigenvalue weighted by Crippen LogP contribution is -2.46. The molecule has 0 aliphatic carbocycles. The Labute approximate surface area is 196 Å². The van der Waals surface area contributed by atoms with Gasteiger partial charge in [-0.15, -0.1) is 0 Å². The summed E-state index contributed by atoms with van der Waals surface area (Å²) in [6.45, 7) is -0.490.